The summed E-state index contributed by atoms with van der Waals surface area (Å²) >= 11 is 0. The Balaban J connectivity index is 0.000000314. The predicted octanol–water partition coefficient (Wildman–Crippen LogP) is 3.40. The van der Waals surface area contributed by atoms with Crippen molar-refractivity contribution in [2.75, 3.05) is 7.05 Å². The molecule has 0 heterocycles. The SMILES string of the molecule is CC(C)(C=O)NC(=O)OC(C)(C)C.CCC1CC2CC(CC(C)(C(N)=O)C2)C1NC. The van der Waals surface area contributed by atoms with E-state index in [0.29, 0.717) is 24.2 Å². The van der Waals surface area contributed by atoms with Crippen LogP contribution in [0.15, 0.2) is 0 Å². The molecule has 0 aliphatic heterocycles. The number of hydrogen-bond donors (Lipinski definition) is 3. The summed E-state index contributed by atoms with van der Waals surface area (Å²) in [5.41, 5.74) is 3.93. The van der Waals surface area contributed by atoms with Crippen LogP contribution in [-0.2, 0) is 14.3 Å². The Morgan fingerprint density at radius 1 is 1.17 bits per heavy atom. The number of hydrogen-bond acceptors (Lipinski definition) is 5. The third-order valence-electron chi connectivity index (χ3n) is 6.31. The number of nitrogens with two attached hydrogens (primary N) is 1. The highest BCUT2D eigenvalue weighted by Crippen LogP contribution is 2.50. The van der Waals surface area contributed by atoms with Crippen molar-refractivity contribution in [3.8, 4) is 0 Å². The molecule has 4 N–H and O–H groups in total. The van der Waals surface area contributed by atoms with Crippen LogP contribution in [0.1, 0.15) is 80.6 Å². The number of carbonyl (C=O) groups is 3. The molecule has 5 unspecified atom stereocenters. The number of fused-ring (bicyclic) bond motifs is 2. The quantitative estimate of drug-likeness (QED) is 0.585. The second-order valence-corrected chi connectivity index (χ2v) is 10.9. The van der Waals surface area contributed by atoms with Crippen LogP contribution in [0.4, 0.5) is 4.79 Å². The van der Waals surface area contributed by atoms with Gasteiger partial charge < -0.3 is 25.9 Å². The van der Waals surface area contributed by atoms with Crippen LogP contribution in [0.5, 0.6) is 0 Å². The molecule has 0 aromatic rings. The molecule has 2 fully saturated rings. The molecule has 2 aliphatic rings. The molecule has 0 saturated heterocycles. The summed E-state index contributed by atoms with van der Waals surface area (Å²) in [5, 5.41) is 5.92. The van der Waals surface area contributed by atoms with Crippen molar-refractivity contribution >= 4 is 18.3 Å². The Morgan fingerprint density at radius 3 is 2.20 bits per heavy atom. The summed E-state index contributed by atoms with van der Waals surface area (Å²) in [6.07, 6.45) is 5.85. The second-order valence-electron chi connectivity index (χ2n) is 10.9. The zero-order valence-corrected chi connectivity index (χ0v) is 20.1. The topological polar surface area (TPSA) is 111 Å². The molecule has 7 nitrogen and oxygen atoms in total. The van der Waals surface area contributed by atoms with Crippen LogP contribution in [0, 0.1) is 23.2 Å². The maximum atomic E-state index is 11.7. The van der Waals surface area contributed by atoms with Crippen LogP contribution in [0.2, 0.25) is 0 Å². The third kappa shape index (κ3) is 7.56. The largest absolute Gasteiger partial charge is 0.444 e. The highest BCUT2D eigenvalue weighted by atomic mass is 16.6. The highest BCUT2D eigenvalue weighted by Gasteiger charge is 2.48. The van der Waals surface area contributed by atoms with Crippen LogP contribution in [0.3, 0.4) is 0 Å². The molecule has 7 heteroatoms. The first-order valence-corrected chi connectivity index (χ1v) is 11.1. The highest BCUT2D eigenvalue weighted by molar-refractivity contribution is 5.80. The summed E-state index contributed by atoms with van der Waals surface area (Å²) < 4.78 is 4.97. The van der Waals surface area contributed by atoms with E-state index in [9.17, 15) is 14.4 Å². The van der Waals surface area contributed by atoms with Crippen LogP contribution in [0.25, 0.3) is 0 Å². The standard InChI is InChI=1S/C14H26N2O.C9H17NO3/c1-4-10-5-9-6-11(12(10)16-3)8-14(2,7-9)13(15)17;1-8(2,3)13-7(12)10-9(4,5)6-11/h9-12,16H,4-8H2,1-3H3,(H2,15,17);6H,1-5H3,(H,10,12). The lowest BCUT2D eigenvalue weighted by atomic mass is 9.57. The fraction of sp³-hybridized carbons (Fsp3) is 0.870. The summed E-state index contributed by atoms with van der Waals surface area (Å²) in [6.45, 7) is 12.8. The lowest BCUT2D eigenvalue weighted by Crippen LogP contribution is -2.53. The van der Waals surface area contributed by atoms with Crippen LogP contribution < -0.4 is 16.4 Å². The molecule has 30 heavy (non-hydrogen) atoms. The van der Waals surface area contributed by atoms with Crippen molar-refractivity contribution in [3.05, 3.63) is 0 Å². The minimum absolute atomic E-state index is 0.1000. The smallest absolute Gasteiger partial charge is 0.408 e. The van der Waals surface area contributed by atoms with E-state index in [1.165, 1.54) is 19.3 Å². The average molecular weight is 426 g/mol. The van der Waals surface area contributed by atoms with Crippen molar-refractivity contribution in [2.45, 2.75) is 97.8 Å². The van der Waals surface area contributed by atoms with E-state index in [0.717, 1.165) is 18.8 Å². The van der Waals surface area contributed by atoms with Gasteiger partial charge in [-0.1, -0.05) is 20.3 Å². The van der Waals surface area contributed by atoms with E-state index in [4.69, 9.17) is 10.5 Å². The average Bonchev–Trinajstić information content (AvgIpc) is 2.59. The van der Waals surface area contributed by atoms with Crippen LogP contribution >= 0.6 is 0 Å². The van der Waals surface area contributed by atoms with Gasteiger partial charge in [0.05, 0.1) is 5.54 Å². The molecular formula is C23H43N3O4. The minimum Gasteiger partial charge on any atom is -0.444 e. The molecule has 2 amide bonds. The molecular weight excluding hydrogens is 382 g/mol. The van der Waals surface area contributed by atoms with Gasteiger partial charge in [0.1, 0.15) is 11.9 Å². The Kier molecular flexibility index (Phi) is 8.91. The molecule has 0 spiro atoms. The fourth-order valence-electron chi connectivity index (χ4n) is 5.00. The van der Waals surface area contributed by atoms with Gasteiger partial charge in [-0.05, 0) is 85.1 Å². The molecule has 0 aromatic carbocycles. The normalized spacial score (nSPS) is 31.1. The van der Waals surface area contributed by atoms with Gasteiger partial charge in [0, 0.05) is 11.5 Å². The van der Waals surface area contributed by atoms with Gasteiger partial charge in [0.2, 0.25) is 5.91 Å². The van der Waals surface area contributed by atoms with Gasteiger partial charge in [-0.3, -0.25) is 4.79 Å². The fourth-order valence-corrected chi connectivity index (χ4v) is 5.00. The molecule has 2 aliphatic carbocycles. The number of carbonyl (C=O) groups excluding carboxylic acids is 3. The van der Waals surface area contributed by atoms with E-state index in [1.807, 2.05) is 0 Å². The van der Waals surface area contributed by atoms with Crippen molar-refractivity contribution < 1.29 is 19.1 Å². The van der Waals surface area contributed by atoms with Gasteiger partial charge in [0.25, 0.3) is 0 Å². The predicted molar refractivity (Wildman–Crippen MR) is 119 cm³/mol. The Labute approximate surface area is 182 Å². The zero-order valence-electron chi connectivity index (χ0n) is 20.1. The second kappa shape index (κ2) is 10.1. The van der Waals surface area contributed by atoms with Crippen LogP contribution in [-0.4, -0.2) is 42.5 Å². The van der Waals surface area contributed by atoms with Crippen molar-refractivity contribution in [1.29, 1.82) is 0 Å². The van der Waals surface area contributed by atoms with Crippen molar-refractivity contribution in [2.24, 2.45) is 28.9 Å². The first-order valence-electron chi connectivity index (χ1n) is 11.1. The van der Waals surface area contributed by atoms with Crippen molar-refractivity contribution in [3.63, 3.8) is 0 Å². The molecule has 0 radical (unpaired) electrons. The van der Waals surface area contributed by atoms with E-state index in [-0.39, 0.29) is 11.3 Å². The number of amides is 2. The van der Waals surface area contributed by atoms with E-state index in [1.54, 1.807) is 34.6 Å². The Bertz CT molecular complexity index is 614. The monoisotopic (exact) mass is 425 g/mol. The number of ether oxygens (including phenoxy) is 1. The molecule has 5 atom stereocenters. The Hall–Kier alpha value is -1.63. The first-order chi connectivity index (χ1) is 13.7. The lowest BCUT2D eigenvalue weighted by molar-refractivity contribution is -0.132. The summed E-state index contributed by atoms with van der Waals surface area (Å²) in [7, 11) is 2.06. The molecule has 0 aromatic heterocycles. The third-order valence-corrected chi connectivity index (χ3v) is 6.31. The zero-order chi connectivity index (χ0) is 23.3. The summed E-state index contributed by atoms with van der Waals surface area (Å²) in [5.74, 6) is 2.02. The van der Waals surface area contributed by atoms with Gasteiger partial charge in [0.15, 0.2) is 0 Å². The number of aldehydes is 1. The maximum absolute atomic E-state index is 11.7. The summed E-state index contributed by atoms with van der Waals surface area (Å²) in [6, 6.07) is 0.579. The minimum atomic E-state index is -0.873. The lowest BCUT2D eigenvalue weighted by Gasteiger charge is -2.50. The van der Waals surface area contributed by atoms with E-state index < -0.39 is 17.2 Å². The number of alkyl carbamates (subject to hydrolysis) is 1. The molecule has 2 bridgehead atoms. The molecule has 2 saturated carbocycles. The number of primary amides is 1. The van der Waals surface area contributed by atoms with E-state index >= 15 is 0 Å². The van der Waals surface area contributed by atoms with Crippen molar-refractivity contribution in [1.82, 2.24) is 10.6 Å². The van der Waals surface area contributed by atoms with Gasteiger partial charge in [-0.15, -0.1) is 0 Å². The maximum Gasteiger partial charge on any atom is 0.408 e. The molecule has 174 valence electrons. The molecule has 2 rings (SSSR count). The number of rotatable bonds is 5. The van der Waals surface area contributed by atoms with E-state index in [2.05, 4.69) is 31.5 Å². The Morgan fingerprint density at radius 2 is 1.77 bits per heavy atom. The van der Waals surface area contributed by atoms with Gasteiger partial charge >= 0.3 is 6.09 Å². The number of nitrogens with one attached hydrogen (secondary N) is 2. The summed E-state index contributed by atoms with van der Waals surface area (Å²) in [4.78, 5) is 33.3. The van der Waals surface area contributed by atoms with Gasteiger partial charge in [-0.2, -0.15) is 0 Å². The van der Waals surface area contributed by atoms with Gasteiger partial charge in [-0.25, -0.2) is 4.79 Å². The first kappa shape index (κ1) is 26.4.